The predicted molar refractivity (Wildman–Crippen MR) is 89.0 cm³/mol. The molecule has 0 saturated carbocycles. The van der Waals surface area contributed by atoms with E-state index in [-0.39, 0.29) is 18.5 Å². The number of nitrogens with zero attached hydrogens (tertiary/aromatic N) is 1. The molecular formula is C18H26N2O3. The van der Waals surface area contributed by atoms with Gasteiger partial charge in [0.1, 0.15) is 0 Å². The lowest BCUT2D eigenvalue weighted by atomic mass is 9.90. The Hall–Kier alpha value is -1.88. The van der Waals surface area contributed by atoms with Crippen molar-refractivity contribution in [2.24, 2.45) is 5.41 Å². The van der Waals surface area contributed by atoms with E-state index in [9.17, 15) is 14.7 Å². The summed E-state index contributed by atoms with van der Waals surface area (Å²) in [4.78, 5) is 25.5. The Bertz CT molecular complexity index is 546. The van der Waals surface area contributed by atoms with Crippen LogP contribution in [0.5, 0.6) is 0 Å². The van der Waals surface area contributed by atoms with Crippen molar-refractivity contribution in [2.45, 2.75) is 39.2 Å². The number of carbonyl (C=O) groups is 2. The fourth-order valence-corrected chi connectivity index (χ4v) is 3.11. The molecule has 0 aliphatic carbocycles. The smallest absolute Gasteiger partial charge is 0.310 e. The molecule has 1 fully saturated rings. The van der Waals surface area contributed by atoms with Gasteiger partial charge in [-0.25, -0.2) is 0 Å². The molecule has 1 aliphatic heterocycles. The van der Waals surface area contributed by atoms with Gasteiger partial charge >= 0.3 is 5.97 Å². The zero-order chi connectivity index (χ0) is 16.9. The maximum absolute atomic E-state index is 12.3. The van der Waals surface area contributed by atoms with Crippen molar-refractivity contribution in [1.29, 1.82) is 0 Å². The Kier molecular flexibility index (Phi) is 5.77. The van der Waals surface area contributed by atoms with Crippen LogP contribution in [-0.2, 0) is 9.59 Å². The lowest BCUT2D eigenvalue weighted by Gasteiger charge is -2.22. The van der Waals surface area contributed by atoms with Crippen molar-refractivity contribution in [3.05, 3.63) is 35.9 Å². The van der Waals surface area contributed by atoms with Gasteiger partial charge in [0, 0.05) is 6.54 Å². The van der Waals surface area contributed by atoms with Gasteiger partial charge < -0.3 is 10.4 Å². The first-order chi connectivity index (χ1) is 10.9. The van der Waals surface area contributed by atoms with Crippen LogP contribution in [0.1, 0.15) is 44.7 Å². The fraction of sp³-hybridized carbons (Fsp3) is 0.556. The topological polar surface area (TPSA) is 69.6 Å². The predicted octanol–water partition coefficient (Wildman–Crippen LogP) is 2.44. The molecule has 0 radical (unpaired) electrons. The first kappa shape index (κ1) is 17.5. The molecule has 5 nitrogen and oxygen atoms in total. The van der Waals surface area contributed by atoms with Crippen LogP contribution in [0.3, 0.4) is 0 Å². The van der Waals surface area contributed by atoms with Crippen LogP contribution in [0.4, 0.5) is 0 Å². The Labute approximate surface area is 137 Å². The number of carboxylic acid groups (broad SMARTS) is 1. The van der Waals surface area contributed by atoms with E-state index in [1.165, 1.54) is 0 Å². The lowest BCUT2D eigenvalue weighted by Crippen LogP contribution is -2.39. The summed E-state index contributed by atoms with van der Waals surface area (Å²) in [5, 5.41) is 12.4. The summed E-state index contributed by atoms with van der Waals surface area (Å²) < 4.78 is 0. The van der Waals surface area contributed by atoms with Crippen LogP contribution >= 0.6 is 0 Å². The molecule has 0 spiro atoms. The molecule has 2 N–H and O–H groups in total. The molecule has 0 bridgehead atoms. The van der Waals surface area contributed by atoms with Crippen LogP contribution in [-0.4, -0.2) is 41.5 Å². The molecule has 1 heterocycles. The van der Waals surface area contributed by atoms with Gasteiger partial charge in [-0.2, -0.15) is 0 Å². The van der Waals surface area contributed by atoms with Crippen molar-refractivity contribution >= 4 is 11.9 Å². The van der Waals surface area contributed by atoms with E-state index < -0.39 is 11.4 Å². The highest BCUT2D eigenvalue weighted by atomic mass is 16.4. The lowest BCUT2D eigenvalue weighted by molar-refractivity contribution is -0.147. The summed E-state index contributed by atoms with van der Waals surface area (Å²) in [7, 11) is 0. The van der Waals surface area contributed by atoms with Crippen molar-refractivity contribution in [1.82, 2.24) is 10.2 Å². The van der Waals surface area contributed by atoms with E-state index in [0.717, 1.165) is 18.4 Å². The average Bonchev–Trinajstić information content (AvgIpc) is 2.90. The number of carboxylic acids is 1. The summed E-state index contributed by atoms with van der Waals surface area (Å²) in [6, 6.07) is 9.98. The second-order valence-corrected chi connectivity index (χ2v) is 6.65. The van der Waals surface area contributed by atoms with Gasteiger partial charge in [-0.05, 0) is 31.9 Å². The van der Waals surface area contributed by atoms with Crippen molar-refractivity contribution < 1.29 is 14.7 Å². The first-order valence-electron chi connectivity index (χ1n) is 8.24. The number of benzene rings is 1. The van der Waals surface area contributed by atoms with Crippen LogP contribution in [0.15, 0.2) is 30.3 Å². The largest absolute Gasteiger partial charge is 0.481 e. The van der Waals surface area contributed by atoms with Gasteiger partial charge in [-0.3, -0.25) is 14.5 Å². The van der Waals surface area contributed by atoms with E-state index in [2.05, 4.69) is 12.2 Å². The highest BCUT2D eigenvalue weighted by Crippen LogP contribution is 2.29. The number of rotatable bonds is 7. The minimum Gasteiger partial charge on any atom is -0.481 e. The molecule has 1 aliphatic rings. The van der Waals surface area contributed by atoms with E-state index in [1.807, 2.05) is 35.2 Å². The number of hydrogen-bond acceptors (Lipinski definition) is 3. The monoisotopic (exact) mass is 318 g/mol. The molecule has 23 heavy (non-hydrogen) atoms. The molecule has 0 aromatic heterocycles. The van der Waals surface area contributed by atoms with E-state index in [1.54, 1.807) is 6.92 Å². The average molecular weight is 318 g/mol. The van der Waals surface area contributed by atoms with E-state index in [0.29, 0.717) is 19.5 Å². The first-order valence-corrected chi connectivity index (χ1v) is 8.24. The van der Waals surface area contributed by atoms with Crippen molar-refractivity contribution in [3.8, 4) is 0 Å². The van der Waals surface area contributed by atoms with Gasteiger partial charge in [-0.1, -0.05) is 43.7 Å². The van der Waals surface area contributed by atoms with Gasteiger partial charge in [-0.15, -0.1) is 0 Å². The van der Waals surface area contributed by atoms with Crippen molar-refractivity contribution in [2.75, 3.05) is 19.6 Å². The fourth-order valence-electron chi connectivity index (χ4n) is 3.11. The second-order valence-electron chi connectivity index (χ2n) is 6.65. The van der Waals surface area contributed by atoms with Crippen LogP contribution < -0.4 is 5.32 Å². The number of amides is 1. The summed E-state index contributed by atoms with van der Waals surface area (Å²) in [6.45, 7) is 5.19. The zero-order valence-corrected chi connectivity index (χ0v) is 13.9. The highest BCUT2D eigenvalue weighted by Gasteiger charge is 2.40. The summed E-state index contributed by atoms with van der Waals surface area (Å²) in [6.07, 6.45) is 2.47. The highest BCUT2D eigenvalue weighted by molar-refractivity contribution is 5.79. The molecule has 1 aromatic rings. The Morgan fingerprint density at radius 1 is 1.35 bits per heavy atom. The maximum Gasteiger partial charge on any atom is 0.310 e. The van der Waals surface area contributed by atoms with E-state index in [4.69, 9.17) is 0 Å². The number of likely N-dealkylation sites (tertiary alicyclic amines) is 1. The molecule has 126 valence electrons. The molecule has 2 rings (SSSR count). The Morgan fingerprint density at radius 3 is 2.61 bits per heavy atom. The van der Waals surface area contributed by atoms with Crippen LogP contribution in [0, 0.1) is 5.41 Å². The summed E-state index contributed by atoms with van der Waals surface area (Å²) in [5.41, 5.74) is 0.377. The van der Waals surface area contributed by atoms with Gasteiger partial charge in [0.25, 0.3) is 0 Å². The molecule has 5 heteroatoms. The van der Waals surface area contributed by atoms with Crippen molar-refractivity contribution in [3.63, 3.8) is 0 Å². The third kappa shape index (κ3) is 4.55. The Morgan fingerprint density at radius 2 is 2.04 bits per heavy atom. The zero-order valence-electron chi connectivity index (χ0n) is 13.9. The molecular weight excluding hydrogens is 292 g/mol. The normalized spacial score (nSPS) is 22.7. The molecule has 1 amide bonds. The maximum atomic E-state index is 12.3. The third-order valence-electron chi connectivity index (χ3n) is 4.55. The number of nitrogens with one attached hydrogen (secondary N) is 1. The van der Waals surface area contributed by atoms with Gasteiger partial charge in [0.05, 0.1) is 18.0 Å². The SMILES string of the molecule is CCCC(NC(=O)CN1CCC(C)(C(=O)O)C1)c1ccccc1. The van der Waals surface area contributed by atoms with Crippen LogP contribution in [0.25, 0.3) is 0 Å². The minimum atomic E-state index is -0.784. The molecule has 2 unspecified atom stereocenters. The summed E-state index contributed by atoms with van der Waals surface area (Å²) in [5.74, 6) is -0.824. The number of aliphatic carboxylic acids is 1. The quantitative estimate of drug-likeness (QED) is 0.810. The molecule has 2 atom stereocenters. The third-order valence-corrected chi connectivity index (χ3v) is 4.55. The standard InChI is InChI=1S/C18H26N2O3/c1-3-7-15(14-8-5-4-6-9-14)19-16(21)12-20-11-10-18(2,13-20)17(22)23/h4-6,8-9,15H,3,7,10-13H2,1-2H3,(H,19,21)(H,22,23). The Balaban J connectivity index is 1.92. The number of carbonyl (C=O) groups excluding carboxylic acids is 1. The van der Waals surface area contributed by atoms with Gasteiger partial charge in [0.2, 0.25) is 5.91 Å². The van der Waals surface area contributed by atoms with Crippen LogP contribution in [0.2, 0.25) is 0 Å². The molecule has 1 aromatic carbocycles. The summed E-state index contributed by atoms with van der Waals surface area (Å²) >= 11 is 0. The second kappa shape index (κ2) is 7.59. The molecule has 1 saturated heterocycles. The van der Waals surface area contributed by atoms with E-state index >= 15 is 0 Å². The minimum absolute atomic E-state index is 0.0159. The number of hydrogen-bond donors (Lipinski definition) is 2. The van der Waals surface area contributed by atoms with Gasteiger partial charge in [0.15, 0.2) is 0 Å².